The highest BCUT2D eigenvalue weighted by Crippen LogP contribution is 2.36. The minimum atomic E-state index is -3.65. The molecule has 1 unspecified atom stereocenters. The van der Waals surface area contributed by atoms with E-state index in [2.05, 4.69) is 4.98 Å². The lowest BCUT2D eigenvalue weighted by Crippen LogP contribution is -2.55. The number of aromatic amines is 1. The third-order valence-corrected chi connectivity index (χ3v) is 11.2. The molecule has 1 aromatic carbocycles. The first-order valence-corrected chi connectivity index (χ1v) is 15.3. The number of amides is 1. The molecule has 37 heavy (non-hydrogen) atoms. The second-order valence-corrected chi connectivity index (χ2v) is 14.2. The summed E-state index contributed by atoms with van der Waals surface area (Å²) in [6, 6.07) is 11.0. The Bertz CT molecular complexity index is 1440. The van der Waals surface area contributed by atoms with Gasteiger partial charge in [0, 0.05) is 17.7 Å². The predicted molar refractivity (Wildman–Crippen MR) is 149 cm³/mol. The Morgan fingerprint density at radius 2 is 2.16 bits per heavy atom. The maximum atomic E-state index is 13.1. The van der Waals surface area contributed by atoms with Crippen LogP contribution < -0.4 is 4.31 Å². The number of anilines is 1. The van der Waals surface area contributed by atoms with Crippen molar-refractivity contribution in [1.82, 2.24) is 9.88 Å². The lowest BCUT2D eigenvalue weighted by molar-refractivity contribution is -0.135. The van der Waals surface area contributed by atoms with Crippen LogP contribution in [-0.2, 0) is 14.8 Å². The number of nitrogens with zero attached hydrogens (tertiary/aromatic N) is 3. The number of thiophene rings is 1. The van der Waals surface area contributed by atoms with E-state index in [1.54, 1.807) is 42.4 Å². The molecule has 3 aromatic rings. The summed E-state index contributed by atoms with van der Waals surface area (Å²) < 4.78 is 34.0. The quantitative estimate of drug-likeness (QED) is 0.425. The van der Waals surface area contributed by atoms with Crippen molar-refractivity contribution < 1.29 is 23.1 Å². The summed E-state index contributed by atoms with van der Waals surface area (Å²) in [7, 11) is -2.08. The third kappa shape index (κ3) is 5.25. The summed E-state index contributed by atoms with van der Waals surface area (Å²) in [5.41, 5.74) is 1.67. The maximum Gasteiger partial charge on any atom is 0.407 e. The fraction of sp³-hybridized carbons (Fsp3) is 0.440. The van der Waals surface area contributed by atoms with Gasteiger partial charge in [0.2, 0.25) is 0 Å². The van der Waals surface area contributed by atoms with Gasteiger partial charge in [0.05, 0.1) is 48.2 Å². The van der Waals surface area contributed by atoms with Crippen molar-refractivity contribution in [2.75, 3.05) is 31.0 Å². The number of hydrogen-bond acceptors (Lipinski definition) is 7. The van der Waals surface area contributed by atoms with Gasteiger partial charge in [0.15, 0.2) is 0 Å². The Morgan fingerprint density at radius 3 is 2.89 bits per heavy atom. The number of rotatable bonds is 7. The number of morpholine rings is 1. The highest BCUT2D eigenvalue weighted by molar-refractivity contribution is 8.15. The summed E-state index contributed by atoms with van der Waals surface area (Å²) in [5.74, 6) is 0. The largest absolute Gasteiger partial charge is 0.465 e. The normalized spacial score (nSPS) is 24.4. The summed E-state index contributed by atoms with van der Waals surface area (Å²) in [5, 5.41) is 13.3. The van der Waals surface area contributed by atoms with Crippen LogP contribution in [0, 0.1) is 0 Å². The molecule has 12 heteroatoms. The van der Waals surface area contributed by atoms with E-state index in [4.69, 9.17) is 9.73 Å². The first-order chi connectivity index (χ1) is 17.6. The molecule has 5 rings (SSSR count). The molecule has 198 valence electrons. The number of carbonyl (C=O) groups is 1. The number of benzene rings is 1. The molecule has 2 aliphatic rings. The van der Waals surface area contributed by atoms with Crippen LogP contribution in [0.2, 0.25) is 0 Å². The molecule has 0 bridgehead atoms. The number of ether oxygens (including phenoxy) is 1. The van der Waals surface area contributed by atoms with Crippen LogP contribution in [0.15, 0.2) is 51.0 Å². The molecule has 4 heterocycles. The van der Waals surface area contributed by atoms with Gasteiger partial charge in [-0.1, -0.05) is 30.0 Å². The van der Waals surface area contributed by atoms with E-state index in [0.29, 0.717) is 29.5 Å². The monoisotopic (exact) mass is 562 g/mol. The molecule has 1 amide bonds. The number of aliphatic imine (C=N–C) groups is 1. The van der Waals surface area contributed by atoms with Gasteiger partial charge in [-0.25, -0.2) is 13.2 Å². The zero-order chi connectivity index (χ0) is 26.4. The van der Waals surface area contributed by atoms with Gasteiger partial charge in [0.1, 0.15) is 9.25 Å². The van der Waals surface area contributed by atoms with Crippen LogP contribution in [0.4, 0.5) is 10.5 Å². The number of aromatic nitrogens is 1. The van der Waals surface area contributed by atoms with Crippen LogP contribution in [-0.4, -0.2) is 78.2 Å². The predicted octanol–water partition coefficient (Wildman–Crippen LogP) is 4.85. The van der Waals surface area contributed by atoms with E-state index in [-0.39, 0.29) is 11.4 Å². The number of fused-ring (bicyclic) bond motifs is 1. The molecule has 2 aromatic heterocycles. The van der Waals surface area contributed by atoms with Gasteiger partial charge >= 0.3 is 6.09 Å². The zero-order valence-corrected chi connectivity index (χ0v) is 23.3. The number of H-pyrrole nitrogens is 1. The van der Waals surface area contributed by atoms with Crippen LogP contribution >= 0.6 is 23.1 Å². The number of hydrogen-bond donors (Lipinski definition) is 2. The van der Waals surface area contributed by atoms with E-state index in [0.717, 1.165) is 34.5 Å². The molecule has 3 atom stereocenters. The van der Waals surface area contributed by atoms with E-state index in [1.807, 2.05) is 32.0 Å². The van der Waals surface area contributed by atoms with Crippen LogP contribution in [0.25, 0.3) is 10.9 Å². The van der Waals surface area contributed by atoms with E-state index < -0.39 is 21.7 Å². The van der Waals surface area contributed by atoms with Crippen molar-refractivity contribution in [1.29, 1.82) is 0 Å². The summed E-state index contributed by atoms with van der Waals surface area (Å²) >= 11 is 2.89. The average molecular weight is 563 g/mol. The topological polar surface area (TPSA) is 115 Å². The second-order valence-electron chi connectivity index (χ2n) is 9.79. The van der Waals surface area contributed by atoms with Crippen LogP contribution in [0.5, 0.6) is 0 Å². The van der Waals surface area contributed by atoms with Gasteiger partial charge in [-0.05, 0) is 50.3 Å². The molecular weight excluding hydrogens is 532 g/mol. The van der Waals surface area contributed by atoms with Crippen LogP contribution in [0.1, 0.15) is 32.4 Å². The summed E-state index contributed by atoms with van der Waals surface area (Å²) in [6.07, 6.45) is 0.542. The summed E-state index contributed by atoms with van der Waals surface area (Å²) in [6.45, 7) is 5.32. The Morgan fingerprint density at radius 1 is 1.35 bits per heavy atom. The number of thioether (sulfide) groups is 1. The molecule has 1 saturated heterocycles. The third-order valence-electron chi connectivity index (χ3n) is 6.78. The zero-order valence-electron chi connectivity index (χ0n) is 20.9. The van der Waals surface area contributed by atoms with Gasteiger partial charge in [-0.3, -0.25) is 9.30 Å². The lowest BCUT2D eigenvalue weighted by Gasteiger charge is -2.43. The highest BCUT2D eigenvalue weighted by atomic mass is 32.2. The molecule has 2 N–H and O–H groups in total. The number of nitrogens with one attached hydrogen (secondary N) is 1. The minimum absolute atomic E-state index is 0.139. The Labute approximate surface area is 224 Å². The van der Waals surface area contributed by atoms with Crippen molar-refractivity contribution in [2.24, 2.45) is 4.99 Å². The van der Waals surface area contributed by atoms with Gasteiger partial charge in [-0.2, -0.15) is 0 Å². The minimum Gasteiger partial charge on any atom is -0.465 e. The molecule has 0 spiro atoms. The SMILES string of the molecule is C[C@H]1CN(C(=O)O)C[C@@](C)(CCC2CN=C(c3cc4cccc(N(C)S(=O)(=O)c5cccs5)c4[nH]3)S2)O1. The molecular formula is C25H30N4O5S3. The fourth-order valence-corrected chi connectivity index (χ4v) is 8.45. The van der Waals surface area contributed by atoms with Crippen molar-refractivity contribution in [3.05, 3.63) is 47.5 Å². The Hall–Kier alpha value is -2.54. The summed E-state index contributed by atoms with van der Waals surface area (Å²) in [4.78, 5) is 21.1. The van der Waals surface area contributed by atoms with E-state index in [1.165, 1.54) is 20.5 Å². The Balaban J connectivity index is 1.28. The van der Waals surface area contributed by atoms with Crippen molar-refractivity contribution in [3.63, 3.8) is 0 Å². The molecule has 9 nitrogen and oxygen atoms in total. The van der Waals surface area contributed by atoms with Crippen molar-refractivity contribution >= 4 is 60.8 Å². The second kappa shape index (κ2) is 9.97. The molecule has 0 aliphatic carbocycles. The van der Waals surface area contributed by atoms with E-state index >= 15 is 0 Å². The van der Waals surface area contributed by atoms with Crippen LogP contribution in [0.3, 0.4) is 0 Å². The Kier molecular flexibility index (Phi) is 7.03. The first-order valence-electron chi connectivity index (χ1n) is 12.1. The van der Waals surface area contributed by atoms with Gasteiger partial charge in [-0.15, -0.1) is 11.3 Å². The van der Waals surface area contributed by atoms with Gasteiger partial charge in [0.25, 0.3) is 10.0 Å². The standard InChI is InChI=1S/C25H30N4O5S3/c1-16-14-29(24(30)31)15-25(2,34-16)10-9-18-13-26-23(36-18)19-12-17-6-4-7-20(22(17)27-19)28(3)37(32,33)21-8-5-11-35-21/h4-8,11-12,16,18,27H,9-10,13-15H2,1-3H3,(H,30,31)/t16-,18?,25+/m0/s1. The molecule has 1 fully saturated rings. The number of para-hydroxylation sites is 1. The van der Waals surface area contributed by atoms with Crippen molar-refractivity contribution in [3.8, 4) is 0 Å². The molecule has 0 radical (unpaired) electrons. The van der Waals surface area contributed by atoms with Crippen molar-refractivity contribution in [2.45, 2.75) is 47.9 Å². The fourth-order valence-electron chi connectivity index (χ4n) is 5.00. The average Bonchev–Trinajstić information content (AvgIpc) is 3.62. The number of carboxylic acid groups (broad SMARTS) is 1. The first kappa shape index (κ1) is 26.1. The molecule has 0 saturated carbocycles. The highest BCUT2D eigenvalue weighted by Gasteiger charge is 2.38. The van der Waals surface area contributed by atoms with E-state index in [9.17, 15) is 18.3 Å². The lowest BCUT2D eigenvalue weighted by atomic mass is 9.95. The maximum absolute atomic E-state index is 13.1. The van der Waals surface area contributed by atoms with Gasteiger partial charge < -0.3 is 19.7 Å². The number of sulfonamides is 1. The smallest absolute Gasteiger partial charge is 0.407 e. The molecule has 2 aliphatic heterocycles.